The van der Waals surface area contributed by atoms with Crippen molar-refractivity contribution in [2.24, 2.45) is 0 Å². The van der Waals surface area contributed by atoms with E-state index in [1.54, 1.807) is 14.2 Å². The van der Waals surface area contributed by atoms with Gasteiger partial charge in [0.05, 0.1) is 19.9 Å². The van der Waals surface area contributed by atoms with Gasteiger partial charge in [-0.05, 0) is 30.3 Å². The lowest BCUT2D eigenvalue weighted by Crippen LogP contribution is -1.95. The van der Waals surface area contributed by atoms with Crippen LogP contribution in [0.3, 0.4) is 0 Å². The van der Waals surface area contributed by atoms with Crippen molar-refractivity contribution in [2.45, 2.75) is 0 Å². The molecule has 0 saturated carbocycles. The number of anilines is 2. The second-order valence-electron chi connectivity index (χ2n) is 3.48. The molecule has 0 aliphatic carbocycles. The summed E-state index contributed by atoms with van der Waals surface area (Å²) in [6.45, 7) is 0. The van der Waals surface area contributed by atoms with E-state index in [1.807, 2.05) is 42.5 Å². The molecule has 0 aliphatic heterocycles. The summed E-state index contributed by atoms with van der Waals surface area (Å²) >= 11 is 0. The predicted molar refractivity (Wildman–Crippen MR) is 68.1 cm³/mol. The van der Waals surface area contributed by atoms with Crippen molar-refractivity contribution in [3.05, 3.63) is 48.5 Å². The van der Waals surface area contributed by atoms with E-state index in [0.29, 0.717) is 0 Å². The molecule has 0 spiro atoms. The van der Waals surface area contributed by atoms with Gasteiger partial charge in [0.25, 0.3) is 0 Å². The Morgan fingerprint density at radius 3 is 2.41 bits per heavy atom. The van der Waals surface area contributed by atoms with Crippen LogP contribution in [0.4, 0.5) is 11.4 Å². The Balaban J connectivity index is 2.30. The normalized spacial score (nSPS) is 9.76. The van der Waals surface area contributed by atoms with Gasteiger partial charge in [0.2, 0.25) is 0 Å². The van der Waals surface area contributed by atoms with Crippen molar-refractivity contribution >= 4 is 11.4 Å². The van der Waals surface area contributed by atoms with Gasteiger partial charge in [-0.2, -0.15) is 0 Å². The SMILES string of the molecule is COc1ccc(OC)c(Nc2cc[c]cc2)c1. The van der Waals surface area contributed by atoms with Crippen LogP contribution in [-0.2, 0) is 0 Å². The number of methoxy groups -OCH3 is 2. The molecule has 2 aromatic rings. The monoisotopic (exact) mass is 228 g/mol. The largest absolute Gasteiger partial charge is 0.497 e. The molecule has 3 nitrogen and oxygen atoms in total. The molecule has 87 valence electrons. The number of benzene rings is 2. The lowest BCUT2D eigenvalue weighted by Gasteiger charge is -2.12. The van der Waals surface area contributed by atoms with Gasteiger partial charge in [-0.25, -0.2) is 0 Å². The van der Waals surface area contributed by atoms with E-state index >= 15 is 0 Å². The van der Waals surface area contributed by atoms with E-state index in [4.69, 9.17) is 9.47 Å². The maximum absolute atomic E-state index is 5.29. The van der Waals surface area contributed by atoms with Crippen LogP contribution >= 0.6 is 0 Å². The van der Waals surface area contributed by atoms with Crippen LogP contribution in [0.2, 0.25) is 0 Å². The highest BCUT2D eigenvalue weighted by Crippen LogP contribution is 2.31. The van der Waals surface area contributed by atoms with Crippen LogP contribution in [0.5, 0.6) is 11.5 Å². The minimum Gasteiger partial charge on any atom is -0.497 e. The third kappa shape index (κ3) is 2.69. The Hall–Kier alpha value is -2.16. The summed E-state index contributed by atoms with van der Waals surface area (Å²) in [5.41, 5.74) is 1.85. The molecular formula is C14H14NO2. The summed E-state index contributed by atoms with van der Waals surface area (Å²) in [5, 5.41) is 3.27. The second-order valence-corrected chi connectivity index (χ2v) is 3.48. The van der Waals surface area contributed by atoms with Crippen molar-refractivity contribution < 1.29 is 9.47 Å². The molecule has 0 fully saturated rings. The highest BCUT2D eigenvalue weighted by Gasteiger charge is 2.04. The molecule has 0 unspecified atom stereocenters. The fourth-order valence-corrected chi connectivity index (χ4v) is 1.54. The van der Waals surface area contributed by atoms with Crippen LogP contribution in [0.1, 0.15) is 0 Å². The summed E-state index contributed by atoms with van der Waals surface area (Å²) in [7, 11) is 3.29. The molecule has 0 aromatic heterocycles. The topological polar surface area (TPSA) is 30.5 Å². The maximum atomic E-state index is 5.29. The van der Waals surface area contributed by atoms with Gasteiger partial charge in [0.1, 0.15) is 11.5 Å². The molecule has 0 saturated heterocycles. The summed E-state index contributed by atoms with van der Waals surface area (Å²) in [6, 6.07) is 16.2. The summed E-state index contributed by atoms with van der Waals surface area (Å²) in [5.74, 6) is 1.56. The zero-order chi connectivity index (χ0) is 12.1. The van der Waals surface area contributed by atoms with Crippen LogP contribution < -0.4 is 14.8 Å². The molecule has 0 atom stereocenters. The van der Waals surface area contributed by atoms with Gasteiger partial charge >= 0.3 is 0 Å². The zero-order valence-corrected chi connectivity index (χ0v) is 9.86. The Bertz CT molecular complexity index is 483. The van der Waals surface area contributed by atoms with Crippen molar-refractivity contribution in [2.75, 3.05) is 19.5 Å². The lowest BCUT2D eigenvalue weighted by atomic mass is 10.2. The van der Waals surface area contributed by atoms with Gasteiger partial charge in [-0.3, -0.25) is 0 Å². The fourth-order valence-electron chi connectivity index (χ4n) is 1.54. The minimum absolute atomic E-state index is 0.777. The quantitative estimate of drug-likeness (QED) is 0.871. The number of hydrogen-bond acceptors (Lipinski definition) is 3. The van der Waals surface area contributed by atoms with Gasteiger partial charge < -0.3 is 14.8 Å². The van der Waals surface area contributed by atoms with Gasteiger partial charge in [-0.15, -0.1) is 0 Å². The lowest BCUT2D eigenvalue weighted by molar-refractivity contribution is 0.405. The van der Waals surface area contributed by atoms with E-state index in [0.717, 1.165) is 22.9 Å². The molecule has 17 heavy (non-hydrogen) atoms. The Kier molecular flexibility index (Phi) is 3.50. The maximum Gasteiger partial charge on any atom is 0.142 e. The Morgan fingerprint density at radius 1 is 1.00 bits per heavy atom. The molecule has 2 rings (SSSR count). The smallest absolute Gasteiger partial charge is 0.142 e. The minimum atomic E-state index is 0.777. The third-order valence-electron chi connectivity index (χ3n) is 2.40. The van der Waals surface area contributed by atoms with E-state index in [9.17, 15) is 0 Å². The Labute approximate surface area is 101 Å². The van der Waals surface area contributed by atoms with E-state index in [-0.39, 0.29) is 0 Å². The Morgan fingerprint density at radius 2 is 1.76 bits per heavy atom. The van der Waals surface area contributed by atoms with Crippen LogP contribution in [0.15, 0.2) is 42.5 Å². The van der Waals surface area contributed by atoms with Crippen LogP contribution in [0, 0.1) is 6.07 Å². The summed E-state index contributed by atoms with van der Waals surface area (Å²) in [4.78, 5) is 0. The number of nitrogens with one attached hydrogen (secondary N) is 1. The molecular weight excluding hydrogens is 214 g/mol. The van der Waals surface area contributed by atoms with E-state index in [2.05, 4.69) is 11.4 Å². The first-order chi connectivity index (χ1) is 8.33. The fraction of sp³-hybridized carbons (Fsp3) is 0.143. The average molecular weight is 228 g/mol. The van der Waals surface area contributed by atoms with Crippen molar-refractivity contribution in [1.29, 1.82) is 0 Å². The molecule has 1 radical (unpaired) electrons. The van der Waals surface area contributed by atoms with Crippen molar-refractivity contribution in [3.63, 3.8) is 0 Å². The van der Waals surface area contributed by atoms with Gasteiger partial charge in [-0.1, -0.05) is 12.1 Å². The molecule has 2 aromatic carbocycles. The van der Waals surface area contributed by atoms with Gasteiger partial charge in [0.15, 0.2) is 0 Å². The highest BCUT2D eigenvalue weighted by atomic mass is 16.5. The molecule has 0 aliphatic rings. The molecule has 1 N–H and O–H groups in total. The zero-order valence-electron chi connectivity index (χ0n) is 9.86. The first-order valence-electron chi connectivity index (χ1n) is 5.28. The number of rotatable bonds is 4. The first kappa shape index (κ1) is 11.3. The standard InChI is InChI=1S/C14H14NO2/c1-16-12-8-9-14(17-2)13(10-12)15-11-6-4-3-5-7-11/h4-10,15H,1-2H3. The molecule has 0 amide bonds. The molecule has 0 heterocycles. The van der Waals surface area contributed by atoms with Crippen molar-refractivity contribution in [1.82, 2.24) is 0 Å². The van der Waals surface area contributed by atoms with Crippen LogP contribution in [0.25, 0.3) is 0 Å². The van der Waals surface area contributed by atoms with E-state index in [1.165, 1.54) is 0 Å². The average Bonchev–Trinajstić information content (AvgIpc) is 2.40. The predicted octanol–water partition coefficient (Wildman–Crippen LogP) is 3.25. The van der Waals surface area contributed by atoms with Crippen LogP contribution in [-0.4, -0.2) is 14.2 Å². The second kappa shape index (κ2) is 5.25. The summed E-state index contributed by atoms with van der Waals surface area (Å²) in [6.07, 6.45) is 0. The summed E-state index contributed by atoms with van der Waals surface area (Å²) < 4.78 is 10.5. The van der Waals surface area contributed by atoms with Gasteiger partial charge in [0, 0.05) is 11.8 Å². The highest BCUT2D eigenvalue weighted by molar-refractivity contribution is 5.67. The molecule has 3 heteroatoms. The first-order valence-corrected chi connectivity index (χ1v) is 5.28. The van der Waals surface area contributed by atoms with Crippen molar-refractivity contribution in [3.8, 4) is 11.5 Å². The third-order valence-corrected chi connectivity index (χ3v) is 2.40. The molecule has 0 bridgehead atoms. The number of ether oxygens (including phenoxy) is 2. The van der Waals surface area contributed by atoms with E-state index < -0.39 is 0 Å². The number of hydrogen-bond donors (Lipinski definition) is 1.